The lowest BCUT2D eigenvalue weighted by Gasteiger charge is -2.46. The van der Waals surface area contributed by atoms with Crippen molar-refractivity contribution in [3.8, 4) is 17.6 Å². The number of aliphatic hydroxyl groups excluding tert-OH is 1. The number of carbonyl (C=O) groups excluding carboxylic acids is 3. The number of aliphatic hydroxyl groups is 1. The number of hydrogen-bond donors (Lipinski definition) is 5. The molecule has 1 spiro atoms. The number of imidazole rings is 1. The highest BCUT2D eigenvalue weighted by molar-refractivity contribution is 6.12. The van der Waals surface area contributed by atoms with Crippen molar-refractivity contribution < 1.29 is 29.3 Å². The standard InChI is InChI=1S/C45H37N5O6/c51-24-10-9-11-27-18-23-33-32(25-27)45(44(55)49-33)37(42(53)46-26-36-47-34-16-7-8-17-35(34)48-36)39-43(54)56-40(29-14-5-2-6-15-29)38(28-12-3-1-4-13-28)50(39)41(45)30-19-21-31(52)22-20-30/h1-8,12-23,25,37-41,51-52H,10,24,26H2,(H,46,53)(H,47,48)(H,49,55)/t37-,38-,39-,40+,41+,45-/m0/s1. The number of cyclic esters (lactones) is 1. The maximum atomic E-state index is 15.2. The fourth-order valence-corrected chi connectivity index (χ4v) is 8.92. The van der Waals surface area contributed by atoms with Crippen molar-refractivity contribution in [3.63, 3.8) is 0 Å². The van der Waals surface area contributed by atoms with Crippen LogP contribution in [0.4, 0.5) is 5.69 Å². The molecule has 3 aliphatic rings. The van der Waals surface area contributed by atoms with Gasteiger partial charge in [-0.2, -0.15) is 0 Å². The Morgan fingerprint density at radius 3 is 2.30 bits per heavy atom. The van der Waals surface area contributed by atoms with Crippen LogP contribution in [0.5, 0.6) is 5.75 Å². The molecule has 2 amide bonds. The van der Waals surface area contributed by atoms with Crippen LogP contribution in [0.3, 0.4) is 0 Å². The van der Waals surface area contributed by atoms with Gasteiger partial charge in [0.05, 0.1) is 42.2 Å². The van der Waals surface area contributed by atoms with Crippen molar-refractivity contribution in [2.45, 2.75) is 42.6 Å². The van der Waals surface area contributed by atoms with E-state index in [1.807, 2.05) is 89.8 Å². The third kappa shape index (κ3) is 5.70. The largest absolute Gasteiger partial charge is 0.508 e. The summed E-state index contributed by atoms with van der Waals surface area (Å²) in [4.78, 5) is 55.2. The molecule has 11 nitrogen and oxygen atoms in total. The maximum absolute atomic E-state index is 15.2. The van der Waals surface area contributed by atoms with Crippen LogP contribution in [-0.4, -0.2) is 55.5 Å². The zero-order valence-electron chi connectivity index (χ0n) is 30.1. The zero-order chi connectivity index (χ0) is 38.4. The van der Waals surface area contributed by atoms with Gasteiger partial charge in [0.15, 0.2) is 0 Å². The molecular weight excluding hydrogens is 707 g/mol. The van der Waals surface area contributed by atoms with E-state index in [0.717, 1.165) is 22.2 Å². The number of para-hydroxylation sites is 2. The molecule has 6 atom stereocenters. The molecule has 5 N–H and O–H groups in total. The van der Waals surface area contributed by atoms with Gasteiger partial charge in [0, 0.05) is 17.7 Å². The Hall–Kier alpha value is -6.74. The minimum atomic E-state index is -1.71. The highest BCUT2D eigenvalue weighted by atomic mass is 16.6. The summed E-state index contributed by atoms with van der Waals surface area (Å²) in [6.07, 6.45) is -0.556. The van der Waals surface area contributed by atoms with Crippen LogP contribution in [0.15, 0.2) is 127 Å². The number of phenols is 1. The second kappa shape index (κ2) is 14.2. The number of hydrogen-bond acceptors (Lipinski definition) is 8. The highest BCUT2D eigenvalue weighted by Crippen LogP contribution is 2.64. The number of aromatic nitrogens is 2. The molecule has 6 aromatic rings. The van der Waals surface area contributed by atoms with Crippen molar-refractivity contribution in [3.05, 3.63) is 161 Å². The molecule has 5 aromatic carbocycles. The van der Waals surface area contributed by atoms with Crippen molar-refractivity contribution in [2.24, 2.45) is 5.92 Å². The molecule has 56 heavy (non-hydrogen) atoms. The lowest BCUT2D eigenvalue weighted by atomic mass is 9.65. The van der Waals surface area contributed by atoms with E-state index in [-0.39, 0.29) is 25.3 Å². The molecule has 9 rings (SSSR count). The normalized spacial score (nSPS) is 23.8. The van der Waals surface area contributed by atoms with Gasteiger partial charge >= 0.3 is 5.97 Å². The number of ether oxygens (including phenoxy) is 1. The third-order valence-electron chi connectivity index (χ3n) is 11.1. The van der Waals surface area contributed by atoms with Crippen molar-refractivity contribution >= 4 is 34.5 Å². The Bertz CT molecular complexity index is 2500. The molecule has 0 unspecified atom stereocenters. The van der Waals surface area contributed by atoms with Crippen LogP contribution in [0.2, 0.25) is 0 Å². The SMILES string of the molecule is O=C1O[C@H](c2ccccc2)[C@H](c2ccccc2)N2[C@H]1[C@@H](C(=O)NCc1nc3ccccc3[nH]1)[C@]1(C(=O)Nc3ccc(C#CCCO)cc31)[C@H]2c1ccc(O)cc1. The smallest absolute Gasteiger partial charge is 0.324 e. The van der Waals surface area contributed by atoms with Gasteiger partial charge in [-0.25, -0.2) is 4.98 Å². The fraction of sp³-hybridized carbons (Fsp3) is 0.200. The number of anilines is 1. The molecule has 2 saturated heterocycles. The molecule has 3 aliphatic heterocycles. The van der Waals surface area contributed by atoms with Crippen LogP contribution in [0.1, 0.15) is 58.3 Å². The first-order valence-corrected chi connectivity index (χ1v) is 18.5. The number of rotatable bonds is 7. The summed E-state index contributed by atoms with van der Waals surface area (Å²) in [5.74, 6) is 3.64. The van der Waals surface area contributed by atoms with E-state index in [1.165, 1.54) is 0 Å². The summed E-state index contributed by atoms with van der Waals surface area (Å²) < 4.78 is 6.46. The summed E-state index contributed by atoms with van der Waals surface area (Å²) in [5, 5.41) is 26.1. The number of aromatic amines is 1. The minimum Gasteiger partial charge on any atom is -0.508 e. The summed E-state index contributed by atoms with van der Waals surface area (Å²) in [6.45, 7) is -0.109. The molecular formula is C45H37N5O6. The van der Waals surface area contributed by atoms with Crippen molar-refractivity contribution in [2.75, 3.05) is 11.9 Å². The predicted molar refractivity (Wildman–Crippen MR) is 208 cm³/mol. The number of phenolic OH excluding ortho intramolecular Hbond substituents is 1. The van der Waals surface area contributed by atoms with Gasteiger partial charge in [0.1, 0.15) is 29.1 Å². The van der Waals surface area contributed by atoms with Gasteiger partial charge in [-0.1, -0.05) is 96.8 Å². The molecule has 0 bridgehead atoms. The van der Waals surface area contributed by atoms with Crippen LogP contribution in [-0.2, 0) is 31.1 Å². The number of benzene rings is 5. The second-order valence-electron chi connectivity index (χ2n) is 14.3. The van der Waals surface area contributed by atoms with E-state index >= 15 is 9.59 Å². The minimum absolute atomic E-state index is 0.00163. The Morgan fingerprint density at radius 2 is 1.57 bits per heavy atom. The summed E-state index contributed by atoms with van der Waals surface area (Å²) in [7, 11) is 0. The average Bonchev–Trinajstić information content (AvgIpc) is 3.88. The number of fused-ring (bicyclic) bond motifs is 4. The Morgan fingerprint density at radius 1 is 0.857 bits per heavy atom. The highest BCUT2D eigenvalue weighted by Gasteiger charge is 2.74. The number of esters is 1. The van der Waals surface area contributed by atoms with Gasteiger partial charge in [-0.3, -0.25) is 19.3 Å². The predicted octanol–water partition coefficient (Wildman–Crippen LogP) is 5.59. The Labute approximate surface area is 322 Å². The first-order chi connectivity index (χ1) is 27.4. The van der Waals surface area contributed by atoms with Gasteiger partial charge < -0.3 is 30.6 Å². The molecule has 1 aromatic heterocycles. The number of morpholine rings is 1. The van der Waals surface area contributed by atoms with E-state index in [1.54, 1.807) is 42.5 Å². The molecule has 11 heteroatoms. The molecule has 0 aliphatic carbocycles. The number of carbonyl (C=O) groups is 3. The van der Waals surface area contributed by atoms with Crippen LogP contribution < -0.4 is 10.6 Å². The number of H-pyrrole nitrogens is 1. The summed E-state index contributed by atoms with van der Waals surface area (Å²) in [6, 6.07) is 35.8. The number of nitrogens with one attached hydrogen (secondary N) is 3. The van der Waals surface area contributed by atoms with Gasteiger partial charge in [0.2, 0.25) is 11.8 Å². The number of aromatic hydroxyl groups is 1. The van der Waals surface area contributed by atoms with Crippen molar-refractivity contribution in [1.82, 2.24) is 20.2 Å². The van der Waals surface area contributed by atoms with Crippen molar-refractivity contribution in [1.29, 1.82) is 0 Å². The van der Waals surface area contributed by atoms with E-state index in [2.05, 4.69) is 32.4 Å². The first-order valence-electron chi connectivity index (χ1n) is 18.5. The van der Waals surface area contributed by atoms with E-state index in [4.69, 9.17) is 4.74 Å². The molecule has 2 fully saturated rings. The monoisotopic (exact) mass is 743 g/mol. The molecule has 0 saturated carbocycles. The van der Waals surface area contributed by atoms with Gasteiger partial charge in [0.25, 0.3) is 0 Å². The first kappa shape index (κ1) is 35.0. The van der Waals surface area contributed by atoms with Gasteiger partial charge in [-0.05, 0) is 64.7 Å². The lowest BCUT2D eigenvalue weighted by Crippen LogP contribution is -2.54. The lowest BCUT2D eigenvalue weighted by molar-refractivity contribution is -0.178. The summed E-state index contributed by atoms with van der Waals surface area (Å²) in [5.41, 5.74) is 3.60. The molecule has 278 valence electrons. The average molecular weight is 744 g/mol. The Balaban J connectivity index is 1.29. The van der Waals surface area contributed by atoms with E-state index in [9.17, 15) is 15.0 Å². The topological polar surface area (TPSA) is 157 Å². The quantitative estimate of drug-likeness (QED) is 0.105. The van der Waals surface area contributed by atoms with E-state index in [0.29, 0.717) is 28.2 Å². The van der Waals surface area contributed by atoms with Crippen LogP contribution in [0, 0.1) is 17.8 Å². The zero-order valence-corrected chi connectivity index (χ0v) is 30.1. The van der Waals surface area contributed by atoms with Gasteiger partial charge in [-0.15, -0.1) is 0 Å². The Kier molecular flexibility index (Phi) is 8.85. The van der Waals surface area contributed by atoms with E-state index < -0.39 is 53.3 Å². The number of amides is 2. The third-order valence-corrected chi connectivity index (χ3v) is 11.1. The van der Waals surface area contributed by atoms with Crippen LogP contribution >= 0.6 is 0 Å². The maximum Gasteiger partial charge on any atom is 0.324 e. The molecule has 0 radical (unpaired) electrons. The summed E-state index contributed by atoms with van der Waals surface area (Å²) >= 11 is 0. The second-order valence-corrected chi connectivity index (χ2v) is 14.3. The molecule has 4 heterocycles. The number of nitrogens with zero attached hydrogens (tertiary/aromatic N) is 2. The fourth-order valence-electron chi connectivity index (χ4n) is 8.92. The van der Waals surface area contributed by atoms with Crippen LogP contribution in [0.25, 0.3) is 11.0 Å².